The van der Waals surface area contributed by atoms with Crippen molar-refractivity contribution >= 4 is 39.5 Å². The zero-order valence-electron chi connectivity index (χ0n) is 63.0. The second-order valence-corrected chi connectivity index (χ2v) is 27.7. The van der Waals surface area contributed by atoms with E-state index in [1.54, 1.807) is 6.08 Å². The van der Waals surface area contributed by atoms with Gasteiger partial charge in [0, 0.05) is 19.3 Å². The zero-order chi connectivity index (χ0) is 74.6. The molecule has 0 aromatic carbocycles. The first kappa shape index (κ1) is 96.4. The van der Waals surface area contributed by atoms with Gasteiger partial charge in [0.25, 0.3) is 0 Å². The first-order valence-corrected chi connectivity index (χ1v) is 41.4. The predicted octanol–water partition coefficient (Wildman–Crippen LogP) is 22.2. The number of hydrogen-bond donors (Lipinski definition) is 3. The van der Waals surface area contributed by atoms with Crippen LogP contribution >= 0.6 is 15.6 Å². The lowest BCUT2D eigenvalue weighted by Crippen LogP contribution is -2.30. The number of phosphoric ester groups is 2. The number of aliphatic hydroxyl groups is 1. The molecular weight excluding hydrogens is 1330 g/mol. The fourth-order valence-electron chi connectivity index (χ4n) is 9.44. The number of carbonyl (C=O) groups is 4. The Hall–Kier alpha value is -5.58. The van der Waals surface area contributed by atoms with Gasteiger partial charge < -0.3 is 33.8 Å². The number of carbonyl (C=O) groups excluding carboxylic acids is 4. The lowest BCUT2D eigenvalue weighted by atomic mass is 10.1. The van der Waals surface area contributed by atoms with Gasteiger partial charge in [-0.2, -0.15) is 0 Å². The van der Waals surface area contributed by atoms with Crippen LogP contribution in [0.25, 0.3) is 0 Å². The summed E-state index contributed by atoms with van der Waals surface area (Å²) in [5.41, 5.74) is 0. The van der Waals surface area contributed by atoms with Crippen molar-refractivity contribution < 1.29 is 80.2 Å². The molecule has 0 amide bonds. The van der Waals surface area contributed by atoms with Crippen molar-refractivity contribution in [2.75, 3.05) is 39.6 Å². The lowest BCUT2D eigenvalue weighted by Gasteiger charge is -2.21. The van der Waals surface area contributed by atoms with Crippen molar-refractivity contribution in [2.45, 2.75) is 290 Å². The third-order valence-electron chi connectivity index (χ3n) is 15.2. The number of phosphoric acid groups is 2. The summed E-state index contributed by atoms with van der Waals surface area (Å²) in [6.45, 7) is 4.30. The fraction of sp³-hybridized carbons (Fsp3) is 0.614. The molecule has 5 atom stereocenters. The van der Waals surface area contributed by atoms with Gasteiger partial charge in [0.2, 0.25) is 0 Å². The van der Waals surface area contributed by atoms with Gasteiger partial charge in [-0.15, -0.1) is 0 Å². The summed E-state index contributed by atoms with van der Waals surface area (Å²) < 4.78 is 68.3. The van der Waals surface area contributed by atoms with Crippen LogP contribution in [-0.4, -0.2) is 96.7 Å². The van der Waals surface area contributed by atoms with Crippen LogP contribution in [0.5, 0.6) is 0 Å². The van der Waals surface area contributed by atoms with Crippen molar-refractivity contribution in [1.82, 2.24) is 0 Å². The smallest absolute Gasteiger partial charge is 0.462 e. The molecule has 0 aliphatic rings. The molecule has 0 saturated carbocycles. The van der Waals surface area contributed by atoms with Crippen molar-refractivity contribution in [2.24, 2.45) is 0 Å². The van der Waals surface area contributed by atoms with E-state index in [9.17, 15) is 43.2 Å². The summed E-state index contributed by atoms with van der Waals surface area (Å²) >= 11 is 0. The molecule has 0 saturated heterocycles. The Morgan fingerprint density at radius 3 is 0.902 bits per heavy atom. The molecule has 0 rings (SSSR count). The highest BCUT2D eigenvalue weighted by Crippen LogP contribution is 2.45. The quantitative estimate of drug-likeness (QED) is 0.0169. The number of ether oxygens (including phenoxy) is 4. The molecule has 0 aliphatic carbocycles. The largest absolute Gasteiger partial charge is 0.472 e. The van der Waals surface area contributed by atoms with Gasteiger partial charge in [0.15, 0.2) is 12.2 Å². The maximum absolute atomic E-state index is 13.1. The molecule has 19 heteroatoms. The average molecular weight is 1470 g/mol. The van der Waals surface area contributed by atoms with Gasteiger partial charge in [0.05, 0.1) is 32.8 Å². The van der Waals surface area contributed by atoms with Crippen LogP contribution < -0.4 is 0 Å². The van der Waals surface area contributed by atoms with Gasteiger partial charge in [0.1, 0.15) is 19.3 Å². The molecule has 0 aromatic rings. The Morgan fingerprint density at radius 2 is 0.549 bits per heavy atom. The van der Waals surface area contributed by atoms with Gasteiger partial charge >= 0.3 is 39.5 Å². The number of unbranched alkanes of at least 4 members (excludes halogenated alkanes) is 17. The zero-order valence-corrected chi connectivity index (χ0v) is 64.8. The minimum atomic E-state index is -5.01. The summed E-state index contributed by atoms with van der Waals surface area (Å²) in [5, 5.41) is 10.6. The molecule has 5 unspecified atom stereocenters. The SMILES string of the molecule is CC/C=C\C/C=C\C/C=C\C/C=C\C/C=C\CC(=O)OCC(COP(=O)(O)OCC(O)COP(=O)(O)OCC(COC(=O)CCCCCCCC/C=C\C/C=C\C/C=C\C/C=C\CC)OC(=O)CCCCCCC/C=C\CCCCCC)OC(=O)CCCC/C=C\C/C=C\C/C=C\C/C=C\CC. The van der Waals surface area contributed by atoms with Crippen molar-refractivity contribution in [3.8, 4) is 0 Å². The molecule has 0 aliphatic heterocycles. The fourth-order valence-corrected chi connectivity index (χ4v) is 11.0. The maximum Gasteiger partial charge on any atom is 0.472 e. The van der Waals surface area contributed by atoms with Crippen molar-refractivity contribution in [3.05, 3.63) is 170 Å². The second kappa shape index (κ2) is 73.7. The van der Waals surface area contributed by atoms with Crippen LogP contribution in [0, 0.1) is 0 Å². The molecule has 3 N–H and O–H groups in total. The maximum atomic E-state index is 13.1. The molecule has 17 nitrogen and oxygen atoms in total. The first-order chi connectivity index (χ1) is 49.7. The molecule has 0 spiro atoms. The van der Waals surface area contributed by atoms with E-state index in [-0.39, 0.29) is 25.7 Å². The standard InChI is InChI=1S/C83H134O17P2/c1-5-9-13-17-21-25-29-33-36-37-38-39-42-45-48-52-56-60-64-68-81(86)94-73-78(99-82(87)69-65-61-57-53-49-43-32-28-24-20-16-12-8-4)75-97-101(89,90)95-71-77(84)72-96-102(91,92)98-76-79(100-83(88)70-66-62-58-54-50-46-41-35-31-27-23-19-15-11-7-3)74-93-80(85)67-63-59-55-51-47-44-40-34-30-26-22-18-14-10-6-2/h9-11,13-15,21-23,25-28,32-36,38-41,47,50-51,54,59,63,77-79,84H,5-8,12,16-20,24,29-31,37,42-46,48-49,52-53,55-58,60-62,64-76H2,1-4H3,(H,89,90)(H,91,92)/b13-9-,14-10-,15-11-,25-21-,26-22-,27-23-,32-28-,36-33-,39-38-,40-34-,41-35-,51-47-,54-50-,63-59-. The molecule has 0 heterocycles. The minimum absolute atomic E-state index is 0.0170. The predicted molar refractivity (Wildman–Crippen MR) is 417 cm³/mol. The van der Waals surface area contributed by atoms with E-state index in [4.69, 9.17) is 37.0 Å². The van der Waals surface area contributed by atoms with Crippen LogP contribution in [0.15, 0.2) is 170 Å². The Labute approximate surface area is 616 Å². The van der Waals surface area contributed by atoms with Crippen LogP contribution in [0.4, 0.5) is 0 Å². The third-order valence-corrected chi connectivity index (χ3v) is 17.1. The van der Waals surface area contributed by atoms with E-state index < -0.39 is 97.5 Å². The van der Waals surface area contributed by atoms with E-state index in [0.29, 0.717) is 32.1 Å². The number of allylic oxidation sites excluding steroid dienone is 27. The third kappa shape index (κ3) is 72.8. The Kier molecular flexibility index (Phi) is 69.7. The van der Waals surface area contributed by atoms with Crippen LogP contribution in [0.3, 0.4) is 0 Å². The summed E-state index contributed by atoms with van der Waals surface area (Å²) in [5.74, 6) is -2.41. The Bertz CT molecular complexity index is 2600. The molecule has 0 fully saturated rings. The molecular formula is C83H134O17P2. The topological polar surface area (TPSA) is 237 Å². The van der Waals surface area contributed by atoms with E-state index in [1.165, 1.54) is 25.7 Å². The monoisotopic (exact) mass is 1460 g/mol. The van der Waals surface area contributed by atoms with Crippen LogP contribution in [0.2, 0.25) is 0 Å². The van der Waals surface area contributed by atoms with Gasteiger partial charge in [-0.3, -0.25) is 37.3 Å². The average Bonchev–Trinajstić information content (AvgIpc) is 0.919. The summed E-state index contributed by atoms with van der Waals surface area (Å²) in [6.07, 6.45) is 86.6. The number of aliphatic hydroxyl groups excluding tert-OH is 1. The molecule has 0 bridgehead atoms. The van der Waals surface area contributed by atoms with E-state index in [2.05, 4.69) is 167 Å². The van der Waals surface area contributed by atoms with Crippen molar-refractivity contribution in [3.63, 3.8) is 0 Å². The normalized spacial score (nSPS) is 14.9. The van der Waals surface area contributed by atoms with E-state index >= 15 is 0 Å². The first-order valence-electron chi connectivity index (χ1n) is 38.4. The van der Waals surface area contributed by atoms with E-state index in [1.807, 2.05) is 24.3 Å². The highest BCUT2D eigenvalue weighted by molar-refractivity contribution is 7.47. The Balaban J connectivity index is 5.47. The minimum Gasteiger partial charge on any atom is -0.462 e. The van der Waals surface area contributed by atoms with Gasteiger partial charge in [-0.1, -0.05) is 262 Å². The highest BCUT2D eigenvalue weighted by atomic mass is 31.2. The van der Waals surface area contributed by atoms with Crippen LogP contribution in [-0.2, 0) is 65.4 Å². The van der Waals surface area contributed by atoms with Crippen molar-refractivity contribution in [1.29, 1.82) is 0 Å². The summed E-state index contributed by atoms with van der Waals surface area (Å²) in [6, 6.07) is 0. The summed E-state index contributed by atoms with van der Waals surface area (Å²) in [7, 11) is -10.0. The Morgan fingerprint density at radius 1 is 0.294 bits per heavy atom. The molecule has 578 valence electrons. The highest BCUT2D eigenvalue weighted by Gasteiger charge is 2.30. The van der Waals surface area contributed by atoms with Gasteiger partial charge in [-0.05, 0) is 154 Å². The van der Waals surface area contributed by atoms with Gasteiger partial charge in [-0.25, -0.2) is 9.13 Å². The van der Waals surface area contributed by atoms with Crippen LogP contribution in [0.1, 0.15) is 272 Å². The van der Waals surface area contributed by atoms with E-state index in [0.717, 1.165) is 161 Å². The summed E-state index contributed by atoms with van der Waals surface area (Å²) in [4.78, 5) is 72.8. The number of rotatable bonds is 70. The number of esters is 4. The lowest BCUT2D eigenvalue weighted by molar-refractivity contribution is -0.161. The molecule has 0 aromatic heterocycles. The number of hydrogen-bond acceptors (Lipinski definition) is 15. The molecule has 0 radical (unpaired) electrons. The molecule has 102 heavy (non-hydrogen) atoms. The second-order valence-electron chi connectivity index (χ2n) is 24.8.